The van der Waals surface area contributed by atoms with Crippen molar-refractivity contribution in [3.05, 3.63) is 72.1 Å². The van der Waals surface area contributed by atoms with Gasteiger partial charge in [0, 0.05) is 0 Å². The van der Waals surface area contributed by atoms with Crippen molar-refractivity contribution in [2.45, 2.75) is 73.3 Å². The molecule has 2 heterocycles. The number of aromatic nitrogens is 2. The Morgan fingerprint density at radius 1 is 0.897 bits per heavy atom. The van der Waals surface area contributed by atoms with Crippen molar-refractivity contribution in [1.82, 2.24) is 13.5 Å². The fraction of sp³-hybridized carbons (Fsp3) is 0.400. The van der Waals surface area contributed by atoms with Gasteiger partial charge in [-0.05, 0) is 0 Å². The number of aromatic amines is 2. The number of para-hydroxylation sites is 2. The predicted octanol–water partition coefficient (Wildman–Crippen LogP) is 5.39. The first-order valence-electron chi connectivity index (χ1n) is 13.9. The van der Waals surface area contributed by atoms with Crippen LogP contribution in [0.4, 0.5) is 0 Å². The molecule has 208 valence electrons. The van der Waals surface area contributed by atoms with Gasteiger partial charge in [-0.15, -0.1) is 0 Å². The molecule has 0 saturated heterocycles. The second-order valence-electron chi connectivity index (χ2n) is 10.4. The number of hydrogen-bond donors (Lipinski definition) is 5. The van der Waals surface area contributed by atoms with E-state index in [1.807, 2.05) is 60.9 Å². The summed E-state index contributed by atoms with van der Waals surface area (Å²) in [5, 5.41) is 12.3. The maximum absolute atomic E-state index is 13.5. The van der Waals surface area contributed by atoms with Gasteiger partial charge in [-0.25, -0.2) is 0 Å². The summed E-state index contributed by atoms with van der Waals surface area (Å²) in [4.78, 5) is 32.5. The van der Waals surface area contributed by atoms with Crippen molar-refractivity contribution >= 4 is 52.8 Å². The average molecular weight is 639 g/mol. The quantitative estimate of drug-likeness (QED) is 0.111. The maximum atomic E-state index is 13.5. The van der Waals surface area contributed by atoms with Crippen molar-refractivity contribution in [1.29, 1.82) is 0 Å². The molecule has 4 rings (SSSR count). The van der Waals surface area contributed by atoms with E-state index in [9.17, 15) is 14.7 Å². The number of hydrogen-bond acceptors (Lipinski definition) is 5. The number of carboxylic acids is 1. The summed E-state index contributed by atoms with van der Waals surface area (Å²) in [6.07, 6.45) is 8.04. The van der Waals surface area contributed by atoms with E-state index < -0.39 is 43.1 Å². The Morgan fingerprint density at radius 3 is 1.92 bits per heavy atom. The molecule has 39 heavy (non-hydrogen) atoms. The number of H-pyrrole nitrogens is 2. The third kappa shape index (κ3) is 7.23. The van der Waals surface area contributed by atoms with Gasteiger partial charge in [0.15, 0.2) is 0 Å². The number of fused-ring (bicyclic) bond motifs is 2. The summed E-state index contributed by atoms with van der Waals surface area (Å²) in [7, 11) is 0. The molecule has 6 N–H and O–H groups in total. The number of carboxylic acid groups (broad SMARTS) is 1. The average Bonchev–Trinajstić information content (AvgIpc) is 3.54. The van der Waals surface area contributed by atoms with Gasteiger partial charge in [-0.1, -0.05) is 0 Å². The molecule has 2 aromatic carbocycles. The molecule has 0 spiro atoms. The first-order chi connectivity index (χ1) is 18.9. The monoisotopic (exact) mass is 640 g/mol. The fourth-order valence-electron chi connectivity index (χ4n) is 5.25. The van der Waals surface area contributed by atoms with Gasteiger partial charge >= 0.3 is 235 Å². The molecule has 0 fully saturated rings. The standard InChI is InChI=1S/C11H12N2O2.C11H11N2O2.2C4H9.Sn/c2*12-9(11(14)15)5-7-6-13-10-4-2-1-3-8(7)10;2*1-3-4-2;/h1-4,6,9,13H,5,12H2,(H,14,15);1-4,6,9,12-13H,5H2,(H,14,15);2*1,3-4H2,2H3;/q;-1;;;+2/p-1. The van der Waals surface area contributed by atoms with Gasteiger partial charge in [0.05, 0.1) is 0 Å². The number of nitrogens with one attached hydrogen (secondary N) is 3. The fourth-order valence-corrected chi connectivity index (χ4v) is 16.8. The zero-order valence-corrected chi connectivity index (χ0v) is 25.7. The molecule has 8 nitrogen and oxygen atoms in total. The number of carbonyl (C=O) groups excluding carboxylic acids is 1. The van der Waals surface area contributed by atoms with E-state index in [1.165, 1.54) is 0 Å². The first-order valence-corrected chi connectivity index (χ1v) is 20.6. The van der Waals surface area contributed by atoms with Crippen LogP contribution in [0.2, 0.25) is 8.87 Å². The molecule has 4 aromatic rings. The molecule has 0 radical (unpaired) electrons. The van der Waals surface area contributed by atoms with Crippen molar-refractivity contribution < 1.29 is 17.8 Å². The molecule has 2 atom stereocenters. The van der Waals surface area contributed by atoms with Crippen LogP contribution in [0.3, 0.4) is 0 Å². The normalized spacial score (nSPS) is 13.5. The van der Waals surface area contributed by atoms with Crippen molar-refractivity contribution in [2.24, 2.45) is 5.73 Å². The van der Waals surface area contributed by atoms with Gasteiger partial charge in [-0.3, -0.25) is 0 Å². The van der Waals surface area contributed by atoms with Crippen LogP contribution in [0.15, 0.2) is 60.9 Å². The number of carbonyl (C=O) groups is 2. The van der Waals surface area contributed by atoms with Gasteiger partial charge in [0.2, 0.25) is 0 Å². The summed E-state index contributed by atoms with van der Waals surface area (Å²) in [6, 6.07) is 14.1. The number of unbranched alkanes of at least 4 members (excludes halogenated alkanes) is 2. The van der Waals surface area contributed by atoms with Crippen molar-refractivity contribution in [3.63, 3.8) is 0 Å². The molecule has 2 unspecified atom stereocenters. The molecule has 0 aliphatic heterocycles. The summed E-state index contributed by atoms with van der Waals surface area (Å²) < 4.78 is 11.3. The van der Waals surface area contributed by atoms with Crippen LogP contribution in [0.1, 0.15) is 50.7 Å². The first kappa shape index (κ1) is 29.2. The van der Waals surface area contributed by atoms with Gasteiger partial charge in [0.1, 0.15) is 0 Å². The van der Waals surface area contributed by atoms with E-state index in [2.05, 4.69) is 27.4 Å². The number of aliphatic carboxylic acids is 1. The minimum atomic E-state index is -3.99. The van der Waals surface area contributed by atoms with Crippen LogP contribution < -0.4 is 9.27 Å². The minimum absolute atomic E-state index is 0.301. The molecule has 0 amide bonds. The van der Waals surface area contributed by atoms with Crippen LogP contribution in [0.5, 0.6) is 0 Å². The van der Waals surface area contributed by atoms with E-state index in [0.29, 0.717) is 21.7 Å². The molecule has 0 saturated carbocycles. The summed E-state index contributed by atoms with van der Waals surface area (Å²) in [5.74, 6) is -1.37. The molecule has 0 bridgehead atoms. The Morgan fingerprint density at radius 2 is 1.41 bits per heavy atom. The van der Waals surface area contributed by atoms with Crippen molar-refractivity contribution in [2.75, 3.05) is 0 Å². The molecule has 0 aliphatic carbocycles. The Bertz CT molecular complexity index is 1390. The van der Waals surface area contributed by atoms with Crippen molar-refractivity contribution in [3.8, 4) is 0 Å². The van der Waals surface area contributed by atoms with Crippen LogP contribution in [0, 0.1) is 0 Å². The van der Waals surface area contributed by atoms with E-state index >= 15 is 0 Å². The SMILES string of the molecule is CCC[CH2][Sn]([CH2]CCC)([NH]C(Cc1c[nH]c2ccccc12)C(=O)O)[O]C(=O)C(N)Cc1c[nH]c2ccccc12. The Balaban J connectivity index is 1.57. The summed E-state index contributed by atoms with van der Waals surface area (Å²) in [5.41, 5.74) is 10.3. The predicted molar refractivity (Wildman–Crippen MR) is 158 cm³/mol. The molecule has 9 heteroatoms. The Kier molecular flexibility index (Phi) is 10.1. The number of benzene rings is 2. The molecular weight excluding hydrogens is 599 g/mol. The van der Waals surface area contributed by atoms with Crippen LogP contribution in [-0.2, 0) is 25.5 Å². The topological polar surface area (TPSA) is 133 Å². The van der Waals surface area contributed by atoms with Crippen LogP contribution in [0.25, 0.3) is 21.8 Å². The molecular formula is C30H40N4O4Sn. The zero-order valence-electron chi connectivity index (χ0n) is 22.8. The molecule has 2 aromatic heterocycles. The third-order valence-electron chi connectivity index (χ3n) is 7.42. The number of nitrogens with two attached hydrogens (primary N) is 1. The Labute approximate surface area is 234 Å². The van der Waals surface area contributed by atoms with Crippen LogP contribution >= 0.6 is 0 Å². The molecule has 0 aliphatic rings. The second kappa shape index (κ2) is 13.5. The number of rotatable bonds is 15. The van der Waals surface area contributed by atoms with Crippen LogP contribution in [-0.4, -0.2) is 58.2 Å². The van der Waals surface area contributed by atoms with E-state index in [4.69, 9.17) is 8.81 Å². The van der Waals surface area contributed by atoms with E-state index in [1.54, 1.807) is 0 Å². The van der Waals surface area contributed by atoms with E-state index in [-0.39, 0.29) is 0 Å². The third-order valence-corrected chi connectivity index (χ3v) is 18.2. The Hall–Kier alpha value is -2.82. The van der Waals surface area contributed by atoms with Gasteiger partial charge in [-0.2, -0.15) is 0 Å². The summed E-state index contributed by atoms with van der Waals surface area (Å²) >= 11 is -3.99. The second-order valence-corrected chi connectivity index (χ2v) is 20.3. The summed E-state index contributed by atoms with van der Waals surface area (Å²) in [6.45, 7) is 4.20. The zero-order chi connectivity index (χ0) is 27.8. The van der Waals surface area contributed by atoms with E-state index in [0.717, 1.165) is 58.6 Å². The van der Waals surface area contributed by atoms with Gasteiger partial charge < -0.3 is 0 Å². The van der Waals surface area contributed by atoms with Gasteiger partial charge in [0.25, 0.3) is 0 Å².